The monoisotopic (exact) mass is 445 g/mol. The lowest BCUT2D eigenvalue weighted by molar-refractivity contribution is -0.384. The molecule has 3 heterocycles. The third-order valence-electron chi connectivity index (χ3n) is 5.83. The van der Waals surface area contributed by atoms with Crippen molar-refractivity contribution < 1.29 is 9.34 Å². The SMILES string of the molecule is Cc1cc(-c2ccc(/C=c3\sc4nc5cc(C)c(C)cc5n4c3=O)o2)c([N+](=O)[O-])cc1C. The fourth-order valence-corrected chi connectivity index (χ4v) is 4.74. The Morgan fingerprint density at radius 3 is 2.47 bits per heavy atom. The summed E-state index contributed by atoms with van der Waals surface area (Å²) in [5.74, 6) is 0.835. The molecule has 0 N–H and O–H groups in total. The minimum absolute atomic E-state index is 0.00904. The number of hydrogen-bond acceptors (Lipinski definition) is 6. The predicted molar refractivity (Wildman–Crippen MR) is 125 cm³/mol. The second-order valence-electron chi connectivity index (χ2n) is 7.98. The van der Waals surface area contributed by atoms with Gasteiger partial charge >= 0.3 is 0 Å². The summed E-state index contributed by atoms with van der Waals surface area (Å²) in [5.41, 5.74) is 5.84. The van der Waals surface area contributed by atoms with Gasteiger partial charge in [-0.1, -0.05) is 11.3 Å². The largest absolute Gasteiger partial charge is 0.456 e. The number of furan rings is 1. The maximum Gasteiger partial charge on any atom is 0.280 e. The van der Waals surface area contributed by atoms with Crippen molar-refractivity contribution in [2.75, 3.05) is 0 Å². The third kappa shape index (κ3) is 3.11. The molecule has 5 aromatic rings. The molecule has 0 aliphatic rings. The normalized spacial score (nSPS) is 12.3. The number of imidazole rings is 1. The minimum Gasteiger partial charge on any atom is -0.456 e. The van der Waals surface area contributed by atoms with Gasteiger partial charge in [-0.3, -0.25) is 14.9 Å². The summed E-state index contributed by atoms with van der Waals surface area (Å²) < 4.78 is 8.00. The van der Waals surface area contributed by atoms with E-state index in [1.54, 1.807) is 34.7 Å². The molecule has 0 unspecified atom stereocenters. The van der Waals surface area contributed by atoms with E-state index < -0.39 is 4.92 Å². The Hall–Kier alpha value is -3.78. The Morgan fingerprint density at radius 1 is 1.03 bits per heavy atom. The lowest BCUT2D eigenvalue weighted by Gasteiger charge is -2.04. The zero-order chi connectivity index (χ0) is 22.7. The van der Waals surface area contributed by atoms with Crippen LogP contribution in [0.15, 0.2) is 45.6 Å². The molecule has 0 fully saturated rings. The molecular formula is C24H19N3O4S. The lowest BCUT2D eigenvalue weighted by Crippen LogP contribution is -2.22. The molecule has 2 aromatic carbocycles. The first-order valence-electron chi connectivity index (χ1n) is 10.0. The maximum atomic E-state index is 13.1. The van der Waals surface area contributed by atoms with Crippen molar-refractivity contribution >= 4 is 39.1 Å². The summed E-state index contributed by atoms with van der Waals surface area (Å²) in [5, 5.41) is 11.5. The Labute approximate surface area is 186 Å². The number of aromatic nitrogens is 2. The van der Waals surface area contributed by atoms with Crippen LogP contribution in [0.25, 0.3) is 33.4 Å². The standard InChI is InChI=1S/C24H19N3O4S/c1-12-7-17(19(27(29)30)9-14(12)3)21-6-5-16(31-21)11-22-23(28)26-20-10-15(4)13(2)8-18(20)25-24(26)32-22/h5-11H,1-4H3/b22-11-. The van der Waals surface area contributed by atoms with E-state index in [9.17, 15) is 14.9 Å². The number of rotatable bonds is 3. The summed E-state index contributed by atoms with van der Waals surface area (Å²) in [6.45, 7) is 7.77. The molecule has 0 amide bonds. The van der Waals surface area contributed by atoms with E-state index in [-0.39, 0.29) is 11.2 Å². The van der Waals surface area contributed by atoms with E-state index in [1.165, 1.54) is 11.3 Å². The number of nitro groups is 1. The highest BCUT2D eigenvalue weighted by atomic mass is 32.1. The van der Waals surface area contributed by atoms with E-state index in [0.29, 0.717) is 26.6 Å². The van der Waals surface area contributed by atoms with Crippen LogP contribution >= 0.6 is 11.3 Å². The van der Waals surface area contributed by atoms with Crippen molar-refractivity contribution in [1.82, 2.24) is 9.38 Å². The van der Waals surface area contributed by atoms with Crippen LogP contribution in [0.1, 0.15) is 28.0 Å². The second kappa shape index (κ2) is 7.13. The number of thiazole rings is 1. The smallest absolute Gasteiger partial charge is 0.280 e. The van der Waals surface area contributed by atoms with Crippen molar-refractivity contribution in [1.29, 1.82) is 0 Å². The molecule has 32 heavy (non-hydrogen) atoms. The van der Waals surface area contributed by atoms with Gasteiger partial charge in [0.25, 0.3) is 11.2 Å². The molecule has 5 rings (SSSR count). The van der Waals surface area contributed by atoms with Gasteiger partial charge in [-0.25, -0.2) is 9.38 Å². The number of fused-ring (bicyclic) bond motifs is 3. The minimum atomic E-state index is -0.410. The topological polar surface area (TPSA) is 90.7 Å². The quantitative estimate of drug-likeness (QED) is 0.292. The molecule has 0 saturated carbocycles. The first-order valence-corrected chi connectivity index (χ1v) is 10.8. The van der Waals surface area contributed by atoms with Crippen molar-refractivity contribution in [3.63, 3.8) is 0 Å². The molecule has 3 aromatic heterocycles. The van der Waals surface area contributed by atoms with Gasteiger partial charge in [-0.05, 0) is 80.3 Å². The van der Waals surface area contributed by atoms with Crippen LogP contribution in [0, 0.1) is 37.8 Å². The Kier molecular flexibility index (Phi) is 4.49. The summed E-state index contributed by atoms with van der Waals surface area (Å²) in [4.78, 5) is 29.4. The van der Waals surface area contributed by atoms with Crippen molar-refractivity contribution in [2.45, 2.75) is 27.7 Å². The predicted octanol–water partition coefficient (Wildman–Crippen LogP) is 4.86. The van der Waals surface area contributed by atoms with E-state index in [1.807, 2.05) is 39.8 Å². The first-order chi connectivity index (χ1) is 15.2. The molecular weight excluding hydrogens is 426 g/mol. The summed E-state index contributed by atoms with van der Waals surface area (Å²) in [7, 11) is 0. The fourth-order valence-electron chi connectivity index (χ4n) is 3.77. The van der Waals surface area contributed by atoms with Gasteiger partial charge in [-0.2, -0.15) is 0 Å². The first kappa shape index (κ1) is 20.1. The highest BCUT2D eigenvalue weighted by Gasteiger charge is 2.20. The summed E-state index contributed by atoms with van der Waals surface area (Å²) >= 11 is 1.29. The molecule has 160 valence electrons. The molecule has 8 heteroatoms. The molecule has 0 spiro atoms. The number of nitrogens with zero attached hydrogens (tertiary/aromatic N) is 3. The van der Waals surface area contributed by atoms with Crippen molar-refractivity contribution in [2.24, 2.45) is 0 Å². The van der Waals surface area contributed by atoms with E-state index in [0.717, 1.165) is 33.3 Å². The average molecular weight is 446 g/mol. The molecule has 7 nitrogen and oxygen atoms in total. The van der Waals surface area contributed by atoms with Crippen LogP contribution in [-0.2, 0) is 0 Å². The van der Waals surface area contributed by atoms with Crippen LogP contribution in [-0.4, -0.2) is 14.3 Å². The zero-order valence-electron chi connectivity index (χ0n) is 17.9. The number of nitro benzene ring substituents is 1. The highest BCUT2D eigenvalue weighted by molar-refractivity contribution is 7.15. The second-order valence-corrected chi connectivity index (χ2v) is 8.99. The highest BCUT2D eigenvalue weighted by Crippen LogP contribution is 2.33. The molecule has 0 saturated heterocycles. The van der Waals surface area contributed by atoms with Gasteiger partial charge in [0.05, 0.1) is 21.5 Å². The van der Waals surface area contributed by atoms with Crippen LogP contribution in [0.3, 0.4) is 0 Å². The molecule has 0 atom stereocenters. The summed E-state index contributed by atoms with van der Waals surface area (Å²) in [6.07, 6.45) is 1.66. The molecule has 0 radical (unpaired) electrons. The molecule has 0 aliphatic heterocycles. The molecule has 0 aliphatic carbocycles. The average Bonchev–Trinajstić information content (AvgIpc) is 3.41. The Morgan fingerprint density at radius 2 is 1.72 bits per heavy atom. The molecule has 0 bridgehead atoms. The van der Waals surface area contributed by atoms with Gasteiger partial charge in [0.1, 0.15) is 16.1 Å². The number of hydrogen-bond donors (Lipinski definition) is 0. The van der Waals surface area contributed by atoms with Crippen molar-refractivity contribution in [3.8, 4) is 11.3 Å². The van der Waals surface area contributed by atoms with Gasteiger partial charge in [0.2, 0.25) is 0 Å². The van der Waals surface area contributed by atoms with Gasteiger partial charge in [0, 0.05) is 12.1 Å². The van der Waals surface area contributed by atoms with E-state index >= 15 is 0 Å². The van der Waals surface area contributed by atoms with Crippen molar-refractivity contribution in [3.05, 3.63) is 89.4 Å². The third-order valence-corrected chi connectivity index (χ3v) is 6.80. The lowest BCUT2D eigenvalue weighted by atomic mass is 10.0. The van der Waals surface area contributed by atoms with E-state index in [4.69, 9.17) is 4.42 Å². The van der Waals surface area contributed by atoms with Gasteiger partial charge < -0.3 is 4.42 Å². The Bertz CT molecular complexity index is 1670. The summed E-state index contributed by atoms with van der Waals surface area (Å²) in [6, 6.07) is 10.7. The van der Waals surface area contributed by atoms with Crippen LogP contribution in [0.5, 0.6) is 0 Å². The fraction of sp³-hybridized carbons (Fsp3) is 0.167. The van der Waals surface area contributed by atoms with Crippen LogP contribution in [0.2, 0.25) is 0 Å². The van der Waals surface area contributed by atoms with E-state index in [2.05, 4.69) is 4.98 Å². The Balaban J connectivity index is 1.63. The van der Waals surface area contributed by atoms with Gasteiger partial charge in [0.15, 0.2) is 4.96 Å². The van der Waals surface area contributed by atoms with Crippen LogP contribution < -0.4 is 10.1 Å². The number of aryl methyl sites for hydroxylation is 4. The van der Waals surface area contributed by atoms with Crippen LogP contribution in [0.4, 0.5) is 5.69 Å². The number of benzene rings is 2. The zero-order valence-corrected chi connectivity index (χ0v) is 18.7. The maximum absolute atomic E-state index is 13.1. The van der Waals surface area contributed by atoms with Gasteiger partial charge in [-0.15, -0.1) is 0 Å².